The molecule has 4 nitrogen and oxygen atoms in total. The number of hydrogen-bond donors (Lipinski definition) is 1. The molecule has 1 heterocycles. The van der Waals surface area contributed by atoms with Gasteiger partial charge in [0.25, 0.3) is 0 Å². The molecule has 2 aromatic rings. The highest BCUT2D eigenvalue weighted by molar-refractivity contribution is 6.29. The van der Waals surface area contributed by atoms with Gasteiger partial charge >= 0.3 is 0 Å². The second-order valence-electron chi connectivity index (χ2n) is 3.84. The summed E-state index contributed by atoms with van der Waals surface area (Å²) in [7, 11) is 1.66. The Bertz CT molecular complexity index is 533. The van der Waals surface area contributed by atoms with Crippen LogP contribution in [-0.4, -0.2) is 17.1 Å². The Balaban J connectivity index is 2.19. The number of ether oxygens (including phenoxy) is 1. The molecular weight excluding hydrogens is 250 g/mol. The highest BCUT2D eigenvalue weighted by atomic mass is 35.5. The molecule has 1 aromatic heterocycles. The van der Waals surface area contributed by atoms with Crippen molar-refractivity contribution in [3.05, 3.63) is 47.4 Å². The standard InChI is InChI=1S/C13H14ClN3O/c1-9(10-5-3-4-6-11(10)18-2)16-13-8-15-7-12(14)17-13/h3-9H,1-2H3,(H,16,17)/t9-/m1/s1. The SMILES string of the molecule is COc1ccccc1[C@@H](C)Nc1cncc(Cl)n1. The average molecular weight is 264 g/mol. The molecule has 0 bridgehead atoms. The minimum atomic E-state index is 0.0499. The molecule has 0 saturated carbocycles. The maximum absolute atomic E-state index is 5.79. The number of aromatic nitrogens is 2. The van der Waals surface area contributed by atoms with E-state index in [4.69, 9.17) is 16.3 Å². The summed E-state index contributed by atoms with van der Waals surface area (Å²) < 4.78 is 5.33. The first-order valence-corrected chi connectivity index (χ1v) is 5.95. The van der Waals surface area contributed by atoms with Gasteiger partial charge in [-0.2, -0.15) is 0 Å². The molecular formula is C13H14ClN3O. The molecule has 0 aliphatic heterocycles. The molecule has 0 amide bonds. The number of rotatable bonds is 4. The van der Waals surface area contributed by atoms with E-state index < -0.39 is 0 Å². The third kappa shape index (κ3) is 2.90. The molecule has 18 heavy (non-hydrogen) atoms. The molecule has 0 aliphatic rings. The van der Waals surface area contributed by atoms with Gasteiger partial charge in [0.15, 0.2) is 0 Å². The number of nitrogens with one attached hydrogen (secondary N) is 1. The lowest BCUT2D eigenvalue weighted by atomic mass is 10.1. The number of para-hydroxylation sites is 1. The number of anilines is 1. The minimum absolute atomic E-state index is 0.0499. The van der Waals surface area contributed by atoms with E-state index >= 15 is 0 Å². The van der Waals surface area contributed by atoms with Crippen LogP contribution in [0.4, 0.5) is 5.82 Å². The first kappa shape index (κ1) is 12.6. The second kappa shape index (κ2) is 5.69. The van der Waals surface area contributed by atoms with Crippen LogP contribution in [0.2, 0.25) is 5.15 Å². The summed E-state index contributed by atoms with van der Waals surface area (Å²) in [6.45, 7) is 2.03. The van der Waals surface area contributed by atoms with Gasteiger partial charge in [0.1, 0.15) is 16.7 Å². The first-order valence-electron chi connectivity index (χ1n) is 5.57. The fourth-order valence-electron chi connectivity index (χ4n) is 1.74. The predicted molar refractivity (Wildman–Crippen MR) is 72.1 cm³/mol. The zero-order chi connectivity index (χ0) is 13.0. The molecule has 5 heteroatoms. The summed E-state index contributed by atoms with van der Waals surface area (Å²) in [4.78, 5) is 8.13. The summed E-state index contributed by atoms with van der Waals surface area (Å²) in [5, 5.41) is 3.60. The Labute approximate surface area is 111 Å². The van der Waals surface area contributed by atoms with Crippen molar-refractivity contribution < 1.29 is 4.74 Å². The third-order valence-electron chi connectivity index (χ3n) is 2.57. The van der Waals surface area contributed by atoms with Crippen molar-refractivity contribution in [2.45, 2.75) is 13.0 Å². The summed E-state index contributed by atoms with van der Waals surface area (Å²) in [5.41, 5.74) is 1.06. The fourth-order valence-corrected chi connectivity index (χ4v) is 1.88. The molecule has 0 unspecified atom stereocenters. The Morgan fingerprint density at radius 2 is 2.06 bits per heavy atom. The lowest BCUT2D eigenvalue weighted by molar-refractivity contribution is 0.408. The summed E-state index contributed by atoms with van der Waals surface area (Å²) in [5.74, 6) is 1.48. The van der Waals surface area contributed by atoms with Crippen molar-refractivity contribution in [1.82, 2.24) is 9.97 Å². The van der Waals surface area contributed by atoms with Crippen LogP contribution in [0.25, 0.3) is 0 Å². The molecule has 0 fully saturated rings. The van der Waals surface area contributed by atoms with Crippen LogP contribution < -0.4 is 10.1 Å². The van der Waals surface area contributed by atoms with Gasteiger partial charge in [-0.25, -0.2) is 4.98 Å². The van der Waals surface area contributed by atoms with Crippen LogP contribution >= 0.6 is 11.6 Å². The lowest BCUT2D eigenvalue weighted by Crippen LogP contribution is -2.09. The Morgan fingerprint density at radius 3 is 2.78 bits per heavy atom. The number of halogens is 1. The molecule has 1 aromatic carbocycles. The molecule has 2 rings (SSSR count). The zero-order valence-electron chi connectivity index (χ0n) is 10.2. The van der Waals surface area contributed by atoms with E-state index in [0.29, 0.717) is 11.0 Å². The zero-order valence-corrected chi connectivity index (χ0v) is 11.0. The monoisotopic (exact) mass is 263 g/mol. The minimum Gasteiger partial charge on any atom is -0.496 e. The van der Waals surface area contributed by atoms with E-state index in [1.165, 1.54) is 6.20 Å². The summed E-state index contributed by atoms with van der Waals surface area (Å²) in [6, 6.07) is 7.90. The Kier molecular flexibility index (Phi) is 3.99. The summed E-state index contributed by atoms with van der Waals surface area (Å²) in [6.07, 6.45) is 3.14. The number of hydrogen-bond acceptors (Lipinski definition) is 4. The van der Waals surface area contributed by atoms with Gasteiger partial charge in [-0.1, -0.05) is 29.8 Å². The van der Waals surface area contributed by atoms with Crippen LogP contribution in [0.3, 0.4) is 0 Å². The molecule has 0 radical (unpaired) electrons. The fraction of sp³-hybridized carbons (Fsp3) is 0.231. The van der Waals surface area contributed by atoms with Crippen LogP contribution in [0.15, 0.2) is 36.7 Å². The molecule has 0 spiro atoms. The number of nitrogens with zero attached hydrogens (tertiary/aromatic N) is 2. The van der Waals surface area contributed by atoms with E-state index in [1.807, 2.05) is 31.2 Å². The van der Waals surface area contributed by atoms with Gasteiger partial charge in [0.2, 0.25) is 0 Å². The van der Waals surface area contributed by atoms with Crippen LogP contribution in [-0.2, 0) is 0 Å². The maximum atomic E-state index is 5.79. The number of methoxy groups -OCH3 is 1. The smallest absolute Gasteiger partial charge is 0.149 e. The maximum Gasteiger partial charge on any atom is 0.149 e. The molecule has 0 aliphatic carbocycles. The summed E-state index contributed by atoms with van der Waals surface area (Å²) >= 11 is 5.79. The Hall–Kier alpha value is -1.81. The van der Waals surface area contributed by atoms with Gasteiger partial charge in [-0.05, 0) is 13.0 Å². The van der Waals surface area contributed by atoms with Gasteiger partial charge in [-0.15, -0.1) is 0 Å². The topological polar surface area (TPSA) is 47.0 Å². The molecule has 1 N–H and O–H groups in total. The molecule has 1 atom stereocenters. The highest BCUT2D eigenvalue weighted by Crippen LogP contribution is 2.26. The Morgan fingerprint density at radius 1 is 1.28 bits per heavy atom. The van der Waals surface area contributed by atoms with Crippen LogP contribution in [0.1, 0.15) is 18.5 Å². The average Bonchev–Trinajstić information content (AvgIpc) is 2.38. The second-order valence-corrected chi connectivity index (χ2v) is 4.22. The van der Waals surface area contributed by atoms with Crippen molar-refractivity contribution in [2.24, 2.45) is 0 Å². The van der Waals surface area contributed by atoms with E-state index in [2.05, 4.69) is 15.3 Å². The largest absolute Gasteiger partial charge is 0.496 e. The number of benzene rings is 1. The van der Waals surface area contributed by atoms with E-state index in [9.17, 15) is 0 Å². The van der Waals surface area contributed by atoms with Crippen molar-refractivity contribution >= 4 is 17.4 Å². The first-order chi connectivity index (χ1) is 8.70. The van der Waals surface area contributed by atoms with Crippen LogP contribution in [0, 0.1) is 0 Å². The van der Waals surface area contributed by atoms with E-state index in [0.717, 1.165) is 11.3 Å². The van der Waals surface area contributed by atoms with Gasteiger partial charge in [0, 0.05) is 5.56 Å². The quantitative estimate of drug-likeness (QED) is 0.919. The van der Waals surface area contributed by atoms with Gasteiger partial charge in [-0.3, -0.25) is 4.98 Å². The highest BCUT2D eigenvalue weighted by Gasteiger charge is 2.11. The van der Waals surface area contributed by atoms with Gasteiger partial charge in [0.05, 0.1) is 25.5 Å². The van der Waals surface area contributed by atoms with Crippen LogP contribution in [0.5, 0.6) is 5.75 Å². The van der Waals surface area contributed by atoms with Crippen molar-refractivity contribution in [2.75, 3.05) is 12.4 Å². The molecule has 94 valence electrons. The van der Waals surface area contributed by atoms with Crippen molar-refractivity contribution in [3.63, 3.8) is 0 Å². The molecule has 0 saturated heterocycles. The van der Waals surface area contributed by atoms with Crippen molar-refractivity contribution in [1.29, 1.82) is 0 Å². The van der Waals surface area contributed by atoms with Gasteiger partial charge < -0.3 is 10.1 Å². The third-order valence-corrected chi connectivity index (χ3v) is 2.76. The normalized spacial score (nSPS) is 11.9. The van der Waals surface area contributed by atoms with Crippen molar-refractivity contribution in [3.8, 4) is 5.75 Å². The van der Waals surface area contributed by atoms with E-state index in [-0.39, 0.29) is 6.04 Å². The van der Waals surface area contributed by atoms with E-state index in [1.54, 1.807) is 13.3 Å². The lowest BCUT2D eigenvalue weighted by Gasteiger charge is -2.17. The predicted octanol–water partition coefficient (Wildman–Crippen LogP) is 3.31.